The molecule has 1 amide bonds. The number of thioether (sulfide) groups is 1. The van der Waals surface area contributed by atoms with Crippen molar-refractivity contribution in [3.05, 3.63) is 53.7 Å². The molecule has 0 unspecified atom stereocenters. The van der Waals surface area contributed by atoms with Gasteiger partial charge in [0.2, 0.25) is 0 Å². The molecular weight excluding hydrogens is 348 g/mol. The second-order valence-corrected chi connectivity index (χ2v) is 7.01. The van der Waals surface area contributed by atoms with Crippen molar-refractivity contribution in [3.63, 3.8) is 0 Å². The number of ether oxygens (including phenoxy) is 1. The number of aromatic nitrogens is 1. The van der Waals surface area contributed by atoms with Crippen LogP contribution in [0.1, 0.15) is 33.6 Å². The summed E-state index contributed by atoms with van der Waals surface area (Å²) >= 11 is 1.45. The maximum absolute atomic E-state index is 13.0. The molecule has 0 N–H and O–H groups in total. The van der Waals surface area contributed by atoms with E-state index in [1.54, 1.807) is 42.5 Å². The number of amides is 1. The van der Waals surface area contributed by atoms with Gasteiger partial charge in [0.05, 0.1) is 18.2 Å². The topological polar surface area (TPSA) is 59.5 Å². The molecule has 0 radical (unpaired) electrons. The number of pyridine rings is 1. The molecule has 2 heterocycles. The van der Waals surface area contributed by atoms with Gasteiger partial charge in [-0.2, -0.15) is 0 Å². The van der Waals surface area contributed by atoms with E-state index in [0.29, 0.717) is 30.0 Å². The first kappa shape index (κ1) is 18.5. The Morgan fingerprint density at radius 1 is 1.19 bits per heavy atom. The zero-order chi connectivity index (χ0) is 18.5. The van der Waals surface area contributed by atoms with E-state index in [1.165, 1.54) is 11.8 Å². The lowest BCUT2D eigenvalue weighted by atomic mass is 9.89. The number of nitrogens with zero attached hydrogens (tertiary/aromatic N) is 2. The van der Waals surface area contributed by atoms with Crippen LogP contribution >= 0.6 is 11.8 Å². The minimum Gasteiger partial charge on any atom is -0.496 e. The van der Waals surface area contributed by atoms with Crippen LogP contribution in [0.3, 0.4) is 0 Å². The first-order chi connectivity index (χ1) is 12.7. The van der Waals surface area contributed by atoms with Crippen molar-refractivity contribution in [2.45, 2.75) is 17.9 Å². The number of rotatable bonds is 5. The molecule has 136 valence electrons. The molecule has 0 spiro atoms. The van der Waals surface area contributed by atoms with E-state index >= 15 is 0 Å². The Morgan fingerprint density at radius 3 is 2.73 bits per heavy atom. The smallest absolute Gasteiger partial charge is 0.256 e. The number of benzene rings is 1. The summed E-state index contributed by atoms with van der Waals surface area (Å²) in [6.07, 6.45) is 5.19. The monoisotopic (exact) mass is 370 g/mol. The number of carbonyl (C=O) groups excluding carboxylic acids is 2. The van der Waals surface area contributed by atoms with Crippen LogP contribution in [0.15, 0.2) is 47.6 Å². The molecule has 1 atom stereocenters. The predicted molar refractivity (Wildman–Crippen MR) is 102 cm³/mol. The molecule has 6 heteroatoms. The van der Waals surface area contributed by atoms with Crippen LogP contribution in [0.4, 0.5) is 0 Å². The zero-order valence-corrected chi connectivity index (χ0v) is 15.8. The minimum absolute atomic E-state index is 0.0382. The van der Waals surface area contributed by atoms with Gasteiger partial charge in [0.1, 0.15) is 10.8 Å². The minimum atomic E-state index is -0.210. The van der Waals surface area contributed by atoms with Crippen molar-refractivity contribution in [1.29, 1.82) is 0 Å². The van der Waals surface area contributed by atoms with E-state index in [9.17, 15) is 9.59 Å². The van der Waals surface area contributed by atoms with E-state index < -0.39 is 0 Å². The molecule has 2 aromatic rings. The fourth-order valence-electron chi connectivity index (χ4n) is 3.33. The van der Waals surface area contributed by atoms with Crippen LogP contribution in [-0.2, 0) is 0 Å². The number of hydrogen-bond acceptors (Lipinski definition) is 5. The van der Waals surface area contributed by atoms with Crippen molar-refractivity contribution < 1.29 is 14.3 Å². The summed E-state index contributed by atoms with van der Waals surface area (Å²) in [5.74, 6) is 0.354. The third kappa shape index (κ3) is 3.75. The van der Waals surface area contributed by atoms with Crippen LogP contribution in [0.25, 0.3) is 0 Å². The van der Waals surface area contributed by atoms with Gasteiger partial charge in [-0.05, 0) is 43.4 Å². The summed E-state index contributed by atoms with van der Waals surface area (Å²) in [5.41, 5.74) is 1.19. The molecule has 1 aromatic heterocycles. The summed E-state index contributed by atoms with van der Waals surface area (Å²) in [7, 11) is 1.56. The number of Topliss-reactive ketones (excluding diaryl/α,β-unsaturated/α-hetero) is 1. The average molecular weight is 370 g/mol. The number of para-hydroxylation sites is 1. The Hall–Kier alpha value is -2.34. The number of piperidine rings is 1. The maximum atomic E-state index is 13.0. The quantitative estimate of drug-likeness (QED) is 0.595. The Labute approximate surface area is 157 Å². The summed E-state index contributed by atoms with van der Waals surface area (Å²) in [6, 6.07) is 10.8. The van der Waals surface area contributed by atoms with Gasteiger partial charge in [-0.1, -0.05) is 12.1 Å². The maximum Gasteiger partial charge on any atom is 0.256 e. The van der Waals surface area contributed by atoms with Gasteiger partial charge in [-0.25, -0.2) is 4.98 Å². The highest BCUT2D eigenvalue weighted by Crippen LogP contribution is 2.27. The molecule has 1 aliphatic heterocycles. The largest absolute Gasteiger partial charge is 0.496 e. The number of ketones is 1. The molecule has 0 saturated carbocycles. The highest BCUT2D eigenvalue weighted by molar-refractivity contribution is 7.98. The van der Waals surface area contributed by atoms with Gasteiger partial charge in [-0.15, -0.1) is 11.8 Å². The van der Waals surface area contributed by atoms with Crippen LogP contribution in [0, 0.1) is 5.92 Å². The molecule has 3 rings (SSSR count). The second-order valence-electron chi connectivity index (χ2n) is 6.22. The summed E-state index contributed by atoms with van der Waals surface area (Å²) in [4.78, 5) is 32.0. The molecule has 0 aliphatic carbocycles. The van der Waals surface area contributed by atoms with E-state index in [-0.39, 0.29) is 17.6 Å². The highest BCUT2D eigenvalue weighted by Gasteiger charge is 2.31. The lowest BCUT2D eigenvalue weighted by Crippen LogP contribution is -2.42. The molecule has 26 heavy (non-hydrogen) atoms. The lowest BCUT2D eigenvalue weighted by molar-refractivity contribution is 0.0632. The third-order valence-electron chi connectivity index (χ3n) is 4.65. The van der Waals surface area contributed by atoms with Gasteiger partial charge in [0.15, 0.2) is 5.78 Å². The van der Waals surface area contributed by atoms with E-state index in [0.717, 1.165) is 17.9 Å². The van der Waals surface area contributed by atoms with Crippen LogP contribution in [0.5, 0.6) is 5.75 Å². The Kier molecular flexibility index (Phi) is 5.93. The number of carbonyl (C=O) groups is 2. The van der Waals surface area contributed by atoms with Crippen molar-refractivity contribution in [2.75, 3.05) is 26.5 Å². The molecule has 0 bridgehead atoms. The van der Waals surface area contributed by atoms with Crippen LogP contribution < -0.4 is 4.74 Å². The highest BCUT2D eigenvalue weighted by atomic mass is 32.2. The van der Waals surface area contributed by atoms with E-state index in [2.05, 4.69) is 4.98 Å². The standard InChI is InChI=1S/C20H22N2O3S/c1-25-17-10-4-3-8-15(17)18(23)14-7-6-12-22(13-14)20(24)16-9-5-11-21-19(16)26-2/h3-5,8-11,14H,6-7,12-13H2,1-2H3/t14-/m0/s1. The van der Waals surface area contributed by atoms with Crippen molar-refractivity contribution in [1.82, 2.24) is 9.88 Å². The van der Waals surface area contributed by atoms with Gasteiger partial charge in [-0.3, -0.25) is 9.59 Å². The van der Waals surface area contributed by atoms with Crippen LogP contribution in [-0.4, -0.2) is 48.0 Å². The normalized spacial score (nSPS) is 17.0. The number of likely N-dealkylation sites (tertiary alicyclic amines) is 1. The fraction of sp³-hybridized carbons (Fsp3) is 0.350. The van der Waals surface area contributed by atoms with Gasteiger partial charge >= 0.3 is 0 Å². The van der Waals surface area contributed by atoms with Crippen molar-refractivity contribution >= 4 is 23.5 Å². The van der Waals surface area contributed by atoms with Gasteiger partial charge < -0.3 is 9.64 Å². The van der Waals surface area contributed by atoms with Gasteiger partial charge in [0.25, 0.3) is 5.91 Å². The molecule has 1 aliphatic rings. The molecule has 1 aromatic carbocycles. The molecule has 1 saturated heterocycles. The Balaban J connectivity index is 1.79. The van der Waals surface area contributed by atoms with Crippen molar-refractivity contribution in [3.8, 4) is 5.75 Å². The van der Waals surface area contributed by atoms with E-state index in [1.807, 2.05) is 18.4 Å². The predicted octanol–water partition coefficient (Wildman–Crippen LogP) is 3.55. The molecule has 5 nitrogen and oxygen atoms in total. The summed E-state index contributed by atoms with van der Waals surface area (Å²) in [5, 5.41) is 0.718. The van der Waals surface area contributed by atoms with Crippen LogP contribution in [0.2, 0.25) is 0 Å². The Bertz CT molecular complexity index is 744. The molecular formula is C20H22N2O3S. The third-order valence-corrected chi connectivity index (χ3v) is 5.36. The average Bonchev–Trinajstić information content (AvgIpc) is 2.72. The summed E-state index contributed by atoms with van der Waals surface area (Å²) in [6.45, 7) is 1.09. The number of hydrogen-bond donors (Lipinski definition) is 0. The molecule has 1 fully saturated rings. The fourth-order valence-corrected chi connectivity index (χ4v) is 3.87. The van der Waals surface area contributed by atoms with Crippen molar-refractivity contribution in [2.24, 2.45) is 5.92 Å². The first-order valence-corrected chi connectivity index (χ1v) is 9.83. The van der Waals surface area contributed by atoms with Gasteiger partial charge in [0, 0.05) is 25.2 Å². The lowest BCUT2D eigenvalue weighted by Gasteiger charge is -2.32. The number of methoxy groups -OCH3 is 1. The first-order valence-electron chi connectivity index (χ1n) is 8.61. The Morgan fingerprint density at radius 2 is 1.96 bits per heavy atom. The second kappa shape index (κ2) is 8.36. The summed E-state index contributed by atoms with van der Waals surface area (Å²) < 4.78 is 5.32. The SMILES string of the molecule is COc1ccccc1C(=O)[C@H]1CCCN(C(=O)c2cccnc2SC)C1. The zero-order valence-electron chi connectivity index (χ0n) is 15.0. The van der Waals surface area contributed by atoms with E-state index in [4.69, 9.17) is 4.74 Å².